The summed E-state index contributed by atoms with van der Waals surface area (Å²) in [7, 11) is -1.52. The van der Waals surface area contributed by atoms with E-state index in [1.54, 1.807) is 13.0 Å². The lowest BCUT2D eigenvalue weighted by atomic mass is 10.0. The van der Waals surface area contributed by atoms with E-state index in [4.69, 9.17) is 17.3 Å². The van der Waals surface area contributed by atoms with Gasteiger partial charge in [0, 0.05) is 12.1 Å². The largest absolute Gasteiger partial charge is 0.397 e. The fourth-order valence-corrected chi connectivity index (χ4v) is 4.11. The van der Waals surface area contributed by atoms with Gasteiger partial charge in [-0.2, -0.15) is 0 Å². The highest BCUT2D eigenvalue weighted by molar-refractivity contribution is 7.89. The summed E-state index contributed by atoms with van der Waals surface area (Å²) in [5.74, 6) is 0. The molecule has 5 nitrogen and oxygen atoms in total. The van der Waals surface area contributed by atoms with Gasteiger partial charge in [0.15, 0.2) is 0 Å². The summed E-state index contributed by atoms with van der Waals surface area (Å²) in [6.45, 7) is 4.73. The minimum absolute atomic E-state index is 0.0431. The van der Waals surface area contributed by atoms with Crippen molar-refractivity contribution in [3.8, 4) is 0 Å². The van der Waals surface area contributed by atoms with E-state index in [-0.39, 0.29) is 16.6 Å². The molecule has 21 heavy (non-hydrogen) atoms. The first kappa shape index (κ1) is 16.5. The van der Waals surface area contributed by atoms with Gasteiger partial charge in [-0.25, -0.2) is 13.1 Å². The molecule has 7 heteroatoms. The first-order valence-electron chi connectivity index (χ1n) is 6.99. The zero-order valence-corrected chi connectivity index (χ0v) is 14.1. The van der Waals surface area contributed by atoms with Crippen molar-refractivity contribution < 1.29 is 8.42 Å². The second-order valence-corrected chi connectivity index (χ2v) is 7.91. The van der Waals surface area contributed by atoms with Gasteiger partial charge in [0.2, 0.25) is 10.0 Å². The van der Waals surface area contributed by atoms with Crippen LogP contribution in [0.4, 0.5) is 5.69 Å². The Labute approximate surface area is 131 Å². The lowest BCUT2D eigenvalue weighted by Gasteiger charge is -2.35. The summed E-state index contributed by atoms with van der Waals surface area (Å²) in [4.78, 5) is 2.41. The predicted molar refractivity (Wildman–Crippen MR) is 86.0 cm³/mol. The van der Waals surface area contributed by atoms with Gasteiger partial charge in [0.05, 0.1) is 15.6 Å². The predicted octanol–water partition coefficient (Wildman–Crippen LogP) is 1.99. The number of rotatable bonds is 3. The number of sulfonamides is 1. The van der Waals surface area contributed by atoms with Crippen molar-refractivity contribution in [3.05, 3.63) is 22.7 Å². The standard InChI is InChI=1S/C14H22ClN3O2S/c1-9-6-12(8-13(16)14(9)15)21(19,20)17-11-4-5-18(3)10(2)7-11/h6,8,10-11,17H,4-5,7,16H2,1-3H3. The Morgan fingerprint density at radius 2 is 2.10 bits per heavy atom. The highest BCUT2D eigenvalue weighted by atomic mass is 35.5. The summed E-state index contributed by atoms with van der Waals surface area (Å²) >= 11 is 5.98. The van der Waals surface area contributed by atoms with Crippen LogP contribution in [0.2, 0.25) is 5.02 Å². The number of nitrogen functional groups attached to an aromatic ring is 1. The van der Waals surface area contributed by atoms with Gasteiger partial charge in [-0.3, -0.25) is 0 Å². The number of nitrogens with zero attached hydrogens (tertiary/aromatic N) is 1. The van der Waals surface area contributed by atoms with Crippen LogP contribution in [-0.4, -0.2) is 39.0 Å². The van der Waals surface area contributed by atoms with Gasteiger partial charge in [0.25, 0.3) is 0 Å². The van der Waals surface area contributed by atoms with Crippen molar-refractivity contribution in [2.75, 3.05) is 19.3 Å². The van der Waals surface area contributed by atoms with Crippen LogP contribution in [0.5, 0.6) is 0 Å². The molecule has 2 atom stereocenters. The number of nitrogens with two attached hydrogens (primary N) is 1. The average molecular weight is 332 g/mol. The van der Waals surface area contributed by atoms with Gasteiger partial charge in [-0.05, 0) is 58.0 Å². The van der Waals surface area contributed by atoms with Gasteiger partial charge < -0.3 is 10.6 Å². The molecular weight excluding hydrogens is 310 g/mol. The third-order valence-electron chi connectivity index (χ3n) is 4.10. The highest BCUT2D eigenvalue weighted by Crippen LogP contribution is 2.27. The van der Waals surface area contributed by atoms with E-state index in [9.17, 15) is 8.42 Å². The molecule has 0 spiro atoms. The molecule has 0 saturated carbocycles. The molecule has 0 aromatic heterocycles. The Morgan fingerprint density at radius 3 is 2.67 bits per heavy atom. The number of halogens is 1. The van der Waals surface area contributed by atoms with Crippen molar-refractivity contribution in [3.63, 3.8) is 0 Å². The third kappa shape index (κ3) is 3.69. The molecule has 1 aromatic carbocycles. The second kappa shape index (κ2) is 6.12. The zero-order chi connectivity index (χ0) is 15.8. The van der Waals surface area contributed by atoms with Crippen LogP contribution in [0.25, 0.3) is 0 Å². The number of nitrogens with one attached hydrogen (secondary N) is 1. The summed E-state index contributed by atoms with van der Waals surface area (Å²) < 4.78 is 27.7. The molecule has 0 radical (unpaired) electrons. The van der Waals surface area contributed by atoms with Crippen LogP contribution in [-0.2, 0) is 10.0 Å². The zero-order valence-electron chi connectivity index (χ0n) is 12.6. The molecule has 0 bridgehead atoms. The van der Waals surface area contributed by atoms with E-state index in [0.717, 1.165) is 19.4 Å². The minimum atomic E-state index is -3.57. The van der Waals surface area contributed by atoms with Gasteiger partial charge >= 0.3 is 0 Å². The van der Waals surface area contributed by atoms with E-state index in [1.165, 1.54) is 6.07 Å². The first-order valence-corrected chi connectivity index (χ1v) is 8.85. The molecular formula is C14H22ClN3O2S. The topological polar surface area (TPSA) is 75.4 Å². The van der Waals surface area contributed by atoms with Crippen LogP contribution in [0.1, 0.15) is 25.3 Å². The van der Waals surface area contributed by atoms with Crippen LogP contribution in [0.3, 0.4) is 0 Å². The molecule has 118 valence electrons. The van der Waals surface area contributed by atoms with E-state index < -0.39 is 10.0 Å². The van der Waals surface area contributed by atoms with Gasteiger partial charge in [0.1, 0.15) is 0 Å². The van der Waals surface area contributed by atoms with E-state index in [2.05, 4.69) is 23.6 Å². The van der Waals surface area contributed by atoms with Crippen molar-refractivity contribution in [1.82, 2.24) is 9.62 Å². The molecule has 1 aromatic rings. The van der Waals surface area contributed by atoms with E-state index in [1.807, 2.05) is 0 Å². The smallest absolute Gasteiger partial charge is 0.240 e. The lowest BCUT2D eigenvalue weighted by Crippen LogP contribution is -2.47. The number of likely N-dealkylation sites (tertiary alicyclic amines) is 1. The Balaban J connectivity index is 2.19. The fourth-order valence-electron chi connectivity index (χ4n) is 2.60. The molecule has 0 amide bonds. The Bertz CT molecular complexity index is 610. The molecule has 2 rings (SSSR count). The first-order chi connectivity index (χ1) is 9.70. The number of aryl methyl sites for hydroxylation is 1. The van der Waals surface area contributed by atoms with Gasteiger partial charge in [-0.15, -0.1) is 0 Å². The average Bonchev–Trinajstić information content (AvgIpc) is 2.39. The van der Waals surface area contributed by atoms with Crippen molar-refractivity contribution in [1.29, 1.82) is 0 Å². The number of benzene rings is 1. The van der Waals surface area contributed by atoms with Gasteiger partial charge in [-0.1, -0.05) is 11.6 Å². The summed E-state index contributed by atoms with van der Waals surface area (Å²) in [6.07, 6.45) is 1.61. The second-order valence-electron chi connectivity index (χ2n) is 5.82. The molecule has 3 N–H and O–H groups in total. The van der Waals surface area contributed by atoms with Crippen LogP contribution in [0, 0.1) is 6.92 Å². The number of anilines is 1. The maximum atomic E-state index is 12.5. The Kier molecular flexibility index (Phi) is 4.82. The van der Waals surface area contributed by atoms with E-state index in [0.29, 0.717) is 16.6 Å². The Hall–Kier alpha value is -0.820. The molecule has 1 aliphatic heterocycles. The van der Waals surface area contributed by atoms with Crippen molar-refractivity contribution in [2.45, 2.75) is 43.7 Å². The molecule has 1 aliphatic rings. The summed E-state index contributed by atoms with van der Waals surface area (Å²) in [5, 5.41) is 0.405. The monoisotopic (exact) mass is 331 g/mol. The molecule has 2 unspecified atom stereocenters. The van der Waals surface area contributed by atoms with Crippen molar-refractivity contribution >= 4 is 27.3 Å². The SMILES string of the molecule is Cc1cc(S(=O)(=O)NC2CCN(C)C(C)C2)cc(N)c1Cl. The van der Waals surface area contributed by atoms with Crippen LogP contribution in [0.15, 0.2) is 17.0 Å². The molecule has 1 fully saturated rings. The molecule has 1 heterocycles. The number of hydrogen-bond acceptors (Lipinski definition) is 4. The Morgan fingerprint density at radius 1 is 1.43 bits per heavy atom. The highest BCUT2D eigenvalue weighted by Gasteiger charge is 2.27. The summed E-state index contributed by atoms with van der Waals surface area (Å²) in [5.41, 5.74) is 6.71. The maximum Gasteiger partial charge on any atom is 0.240 e. The fraction of sp³-hybridized carbons (Fsp3) is 0.571. The number of hydrogen-bond donors (Lipinski definition) is 2. The molecule has 1 saturated heterocycles. The quantitative estimate of drug-likeness (QED) is 0.831. The molecule has 0 aliphatic carbocycles. The maximum absolute atomic E-state index is 12.5. The van der Waals surface area contributed by atoms with Crippen LogP contribution < -0.4 is 10.5 Å². The minimum Gasteiger partial charge on any atom is -0.397 e. The third-order valence-corrected chi connectivity index (χ3v) is 6.11. The normalized spacial score (nSPS) is 24.2. The number of piperidine rings is 1. The van der Waals surface area contributed by atoms with Crippen LogP contribution >= 0.6 is 11.6 Å². The lowest BCUT2D eigenvalue weighted by molar-refractivity contribution is 0.178. The van der Waals surface area contributed by atoms with Crippen molar-refractivity contribution in [2.24, 2.45) is 0 Å². The van der Waals surface area contributed by atoms with E-state index >= 15 is 0 Å². The summed E-state index contributed by atoms with van der Waals surface area (Å²) in [6, 6.07) is 3.29.